The minimum absolute atomic E-state index is 0.0176. The lowest BCUT2D eigenvalue weighted by Crippen LogP contribution is -2.44. The Morgan fingerprint density at radius 1 is 1.36 bits per heavy atom. The number of aromatic amines is 1. The van der Waals surface area contributed by atoms with Crippen LogP contribution in [-0.2, 0) is 10.2 Å². The van der Waals surface area contributed by atoms with Gasteiger partial charge in [0.1, 0.15) is 3.70 Å². The Balaban J connectivity index is 1.53. The van der Waals surface area contributed by atoms with Crippen LogP contribution in [0.3, 0.4) is 0 Å². The third-order valence-corrected chi connectivity index (χ3v) is 6.80. The fraction of sp³-hybridized carbons (Fsp3) is 0.333. The molecule has 1 fully saturated rings. The van der Waals surface area contributed by atoms with Crippen molar-refractivity contribution in [2.75, 3.05) is 19.8 Å². The predicted octanol–water partition coefficient (Wildman–Crippen LogP) is 3.71. The SMILES string of the molecule is O=C(NCC1(c2cccs2)CCOCC1)c1ccc2[nH]nc(I)c2c1. The van der Waals surface area contributed by atoms with E-state index in [0.717, 1.165) is 40.7 Å². The van der Waals surface area contributed by atoms with Crippen molar-refractivity contribution < 1.29 is 9.53 Å². The zero-order valence-corrected chi connectivity index (χ0v) is 16.5. The van der Waals surface area contributed by atoms with E-state index in [1.165, 1.54) is 4.88 Å². The number of halogens is 1. The molecule has 0 aliphatic carbocycles. The summed E-state index contributed by atoms with van der Waals surface area (Å²) < 4.78 is 6.42. The first kappa shape index (κ1) is 17.0. The molecule has 7 heteroatoms. The molecule has 1 aliphatic rings. The number of carbonyl (C=O) groups is 1. The van der Waals surface area contributed by atoms with Gasteiger partial charge in [0.25, 0.3) is 5.91 Å². The van der Waals surface area contributed by atoms with Crippen LogP contribution in [-0.4, -0.2) is 35.9 Å². The van der Waals surface area contributed by atoms with Crippen molar-refractivity contribution in [3.8, 4) is 0 Å². The summed E-state index contributed by atoms with van der Waals surface area (Å²) in [5, 5.41) is 13.4. The highest BCUT2D eigenvalue weighted by Crippen LogP contribution is 2.37. The number of nitrogens with zero attached hydrogens (tertiary/aromatic N) is 1. The van der Waals surface area contributed by atoms with Crippen molar-refractivity contribution in [2.45, 2.75) is 18.3 Å². The zero-order chi connectivity index (χ0) is 17.3. The van der Waals surface area contributed by atoms with E-state index in [9.17, 15) is 4.79 Å². The molecule has 0 bridgehead atoms. The smallest absolute Gasteiger partial charge is 0.251 e. The number of thiophene rings is 1. The molecule has 0 radical (unpaired) electrons. The summed E-state index contributed by atoms with van der Waals surface area (Å²) in [6, 6.07) is 9.89. The van der Waals surface area contributed by atoms with Gasteiger partial charge in [0, 0.05) is 41.0 Å². The Morgan fingerprint density at radius 3 is 2.96 bits per heavy atom. The van der Waals surface area contributed by atoms with Gasteiger partial charge in [-0.1, -0.05) is 6.07 Å². The lowest BCUT2D eigenvalue weighted by Gasteiger charge is -2.36. The number of aromatic nitrogens is 2. The second-order valence-corrected chi connectivity index (χ2v) is 8.30. The molecule has 0 spiro atoms. The lowest BCUT2D eigenvalue weighted by molar-refractivity contribution is 0.0499. The summed E-state index contributed by atoms with van der Waals surface area (Å²) in [6.07, 6.45) is 1.87. The molecule has 2 N–H and O–H groups in total. The zero-order valence-electron chi connectivity index (χ0n) is 13.5. The topological polar surface area (TPSA) is 67.0 Å². The molecule has 4 rings (SSSR count). The Kier molecular flexibility index (Phi) is 4.79. The quantitative estimate of drug-likeness (QED) is 0.576. The maximum Gasteiger partial charge on any atom is 0.251 e. The number of fused-ring (bicyclic) bond motifs is 1. The number of ether oxygens (including phenoxy) is 1. The average molecular weight is 467 g/mol. The third kappa shape index (κ3) is 3.32. The van der Waals surface area contributed by atoms with E-state index >= 15 is 0 Å². The summed E-state index contributed by atoms with van der Waals surface area (Å²) in [6.45, 7) is 2.12. The summed E-state index contributed by atoms with van der Waals surface area (Å²) in [5.74, 6) is -0.0404. The molecule has 0 unspecified atom stereocenters. The number of benzene rings is 1. The molecule has 1 amide bonds. The van der Waals surface area contributed by atoms with Crippen molar-refractivity contribution in [2.24, 2.45) is 0 Å². The molecule has 3 aromatic rings. The monoisotopic (exact) mass is 467 g/mol. The van der Waals surface area contributed by atoms with Crippen molar-refractivity contribution in [1.29, 1.82) is 0 Å². The molecule has 1 saturated heterocycles. The molecule has 0 atom stereocenters. The van der Waals surface area contributed by atoms with Gasteiger partial charge in [-0.05, 0) is 65.1 Å². The summed E-state index contributed by atoms with van der Waals surface area (Å²) in [7, 11) is 0. The van der Waals surface area contributed by atoms with E-state index in [1.807, 2.05) is 18.2 Å². The maximum absolute atomic E-state index is 12.7. The van der Waals surface area contributed by atoms with Crippen LogP contribution in [0.2, 0.25) is 0 Å². The minimum Gasteiger partial charge on any atom is -0.381 e. The van der Waals surface area contributed by atoms with Crippen LogP contribution in [0.4, 0.5) is 0 Å². The first-order valence-electron chi connectivity index (χ1n) is 8.22. The van der Waals surface area contributed by atoms with Crippen LogP contribution in [0.5, 0.6) is 0 Å². The second-order valence-electron chi connectivity index (χ2n) is 6.33. The van der Waals surface area contributed by atoms with Crippen LogP contribution in [0, 0.1) is 3.70 Å². The summed E-state index contributed by atoms with van der Waals surface area (Å²) in [4.78, 5) is 14.0. The summed E-state index contributed by atoms with van der Waals surface area (Å²) in [5.41, 5.74) is 1.59. The second kappa shape index (κ2) is 7.05. The molecule has 1 aromatic carbocycles. The molecule has 5 nitrogen and oxygen atoms in total. The Labute approximate surface area is 163 Å². The van der Waals surface area contributed by atoms with Gasteiger partial charge in [0.05, 0.1) is 5.52 Å². The Morgan fingerprint density at radius 2 is 2.20 bits per heavy atom. The minimum atomic E-state index is -0.0404. The van der Waals surface area contributed by atoms with E-state index in [0.29, 0.717) is 12.1 Å². The van der Waals surface area contributed by atoms with Crippen LogP contribution in [0.15, 0.2) is 35.7 Å². The van der Waals surface area contributed by atoms with Gasteiger partial charge in [-0.15, -0.1) is 11.3 Å². The molecular formula is C18H18IN3O2S. The molecule has 3 heterocycles. The molecule has 25 heavy (non-hydrogen) atoms. The largest absolute Gasteiger partial charge is 0.381 e. The highest BCUT2D eigenvalue weighted by atomic mass is 127. The van der Waals surface area contributed by atoms with Crippen LogP contribution < -0.4 is 5.32 Å². The van der Waals surface area contributed by atoms with Crippen molar-refractivity contribution >= 4 is 50.7 Å². The summed E-state index contributed by atoms with van der Waals surface area (Å²) >= 11 is 3.93. The van der Waals surface area contributed by atoms with E-state index in [2.05, 4.69) is 55.6 Å². The molecule has 2 aromatic heterocycles. The van der Waals surface area contributed by atoms with E-state index in [4.69, 9.17) is 4.74 Å². The van der Waals surface area contributed by atoms with Gasteiger partial charge in [-0.25, -0.2) is 0 Å². The van der Waals surface area contributed by atoms with Crippen molar-refractivity contribution in [3.05, 3.63) is 49.9 Å². The van der Waals surface area contributed by atoms with Crippen LogP contribution >= 0.6 is 33.9 Å². The number of carbonyl (C=O) groups excluding carboxylic acids is 1. The van der Waals surface area contributed by atoms with Gasteiger partial charge < -0.3 is 10.1 Å². The van der Waals surface area contributed by atoms with Gasteiger partial charge in [0.15, 0.2) is 0 Å². The number of hydrogen-bond acceptors (Lipinski definition) is 4. The number of rotatable bonds is 4. The first-order chi connectivity index (χ1) is 12.2. The standard InChI is InChI=1S/C18H18IN3O2S/c19-16-13-10-12(3-4-14(13)21-22-16)17(23)20-11-18(5-7-24-8-6-18)15-2-1-9-25-15/h1-4,9-10H,5-8,11H2,(H,20,23)(H,21,22). The average Bonchev–Trinajstić information content (AvgIpc) is 3.31. The van der Waals surface area contributed by atoms with Crippen molar-refractivity contribution in [1.82, 2.24) is 15.5 Å². The number of H-pyrrole nitrogens is 1. The fourth-order valence-corrected chi connectivity index (χ4v) is 4.88. The highest BCUT2D eigenvalue weighted by molar-refractivity contribution is 14.1. The number of nitrogens with one attached hydrogen (secondary N) is 2. The van der Waals surface area contributed by atoms with Crippen molar-refractivity contribution in [3.63, 3.8) is 0 Å². The normalized spacial score (nSPS) is 16.8. The van der Waals surface area contributed by atoms with E-state index in [-0.39, 0.29) is 11.3 Å². The van der Waals surface area contributed by atoms with Gasteiger partial charge in [-0.2, -0.15) is 5.10 Å². The molecular weight excluding hydrogens is 449 g/mol. The van der Waals surface area contributed by atoms with Crippen LogP contribution in [0.1, 0.15) is 28.1 Å². The lowest BCUT2D eigenvalue weighted by atomic mass is 9.78. The van der Waals surface area contributed by atoms with Gasteiger partial charge in [-0.3, -0.25) is 9.89 Å². The van der Waals surface area contributed by atoms with E-state index < -0.39 is 0 Å². The molecule has 0 saturated carbocycles. The fourth-order valence-electron chi connectivity index (χ4n) is 3.33. The van der Waals surface area contributed by atoms with E-state index in [1.54, 1.807) is 11.3 Å². The predicted molar refractivity (Wildman–Crippen MR) is 107 cm³/mol. The Hall–Kier alpha value is -1.45. The first-order valence-corrected chi connectivity index (χ1v) is 10.2. The third-order valence-electron chi connectivity index (χ3n) is 4.86. The highest BCUT2D eigenvalue weighted by Gasteiger charge is 2.35. The van der Waals surface area contributed by atoms with Gasteiger partial charge in [0.2, 0.25) is 0 Å². The maximum atomic E-state index is 12.7. The molecule has 1 aliphatic heterocycles. The van der Waals surface area contributed by atoms with Gasteiger partial charge >= 0.3 is 0 Å². The number of hydrogen-bond donors (Lipinski definition) is 2. The molecule has 130 valence electrons. The van der Waals surface area contributed by atoms with Crippen LogP contribution in [0.25, 0.3) is 10.9 Å². The Bertz CT molecular complexity index is 885. The number of amides is 1.